The van der Waals surface area contributed by atoms with Gasteiger partial charge in [-0.2, -0.15) is 0 Å². The number of hydrogen-bond donors (Lipinski definition) is 2. The number of rotatable bonds is 2. The van der Waals surface area contributed by atoms with Gasteiger partial charge in [0, 0.05) is 5.39 Å². The van der Waals surface area contributed by atoms with Gasteiger partial charge in [-0.15, -0.1) is 0 Å². The Kier molecular flexibility index (Phi) is 4.55. The highest BCUT2D eigenvalue weighted by Crippen LogP contribution is 2.31. The monoisotopic (exact) mass is 348 g/mol. The predicted molar refractivity (Wildman–Crippen MR) is 109 cm³/mol. The third-order valence-corrected chi connectivity index (χ3v) is 4.38. The van der Waals surface area contributed by atoms with E-state index in [0.29, 0.717) is 10.6 Å². The fraction of sp³-hybridized carbons (Fsp3) is 0.143. The van der Waals surface area contributed by atoms with Crippen LogP contribution in [0, 0.1) is 19.3 Å². The van der Waals surface area contributed by atoms with Gasteiger partial charge in [-0.1, -0.05) is 54.2 Å². The van der Waals surface area contributed by atoms with Crippen molar-refractivity contribution in [2.24, 2.45) is 0 Å². The molecule has 0 fully saturated rings. The number of amidine groups is 1. The number of thiocarbonyl (C=S) groups is 1. The molecule has 2 N–H and O–H groups in total. The van der Waals surface area contributed by atoms with Crippen molar-refractivity contribution >= 4 is 39.5 Å². The number of nitrogens with zero attached hydrogens (tertiary/aromatic N) is 1. The highest BCUT2D eigenvalue weighted by molar-refractivity contribution is 7.80. The number of hydrogen-bond acceptors (Lipinski definition) is 3. The van der Waals surface area contributed by atoms with Crippen LogP contribution >= 0.6 is 12.2 Å². The zero-order chi connectivity index (χ0) is 18.1. The second-order valence-corrected chi connectivity index (χ2v) is 6.82. The van der Waals surface area contributed by atoms with E-state index in [1.807, 2.05) is 31.2 Å². The Morgan fingerprint density at radius 1 is 1.00 bits per heavy atom. The van der Waals surface area contributed by atoms with Crippen molar-refractivity contribution in [1.29, 1.82) is 5.41 Å². The Bertz CT molecular complexity index is 994. The molecule has 25 heavy (non-hydrogen) atoms. The van der Waals surface area contributed by atoms with E-state index in [-0.39, 0.29) is 11.6 Å². The molecule has 0 radical (unpaired) electrons. The molecule has 4 heteroatoms. The van der Waals surface area contributed by atoms with Crippen molar-refractivity contribution in [2.45, 2.75) is 20.8 Å². The fourth-order valence-corrected chi connectivity index (χ4v) is 3.18. The summed E-state index contributed by atoms with van der Waals surface area (Å²) in [5, 5.41) is 21.1. The first-order chi connectivity index (χ1) is 11.9. The summed E-state index contributed by atoms with van der Waals surface area (Å²) in [6.07, 6.45) is 0. The average molecular weight is 348 g/mol. The number of aryl methyl sites for hydroxylation is 2. The van der Waals surface area contributed by atoms with Crippen LogP contribution in [-0.2, 0) is 0 Å². The van der Waals surface area contributed by atoms with E-state index in [0.717, 1.165) is 22.0 Å². The molecule has 0 aliphatic heterocycles. The molecule has 3 aromatic rings. The molecule has 0 heterocycles. The zero-order valence-electron chi connectivity index (χ0n) is 14.5. The van der Waals surface area contributed by atoms with E-state index < -0.39 is 0 Å². The minimum absolute atomic E-state index is 0.0855. The van der Waals surface area contributed by atoms with E-state index in [9.17, 15) is 5.11 Å². The molecule has 3 nitrogen and oxygen atoms in total. The summed E-state index contributed by atoms with van der Waals surface area (Å²) in [4.78, 5) is 2.26. The van der Waals surface area contributed by atoms with E-state index in [4.69, 9.17) is 17.6 Å². The van der Waals surface area contributed by atoms with Crippen LogP contribution in [0.4, 0.5) is 5.69 Å². The molecule has 0 saturated heterocycles. The van der Waals surface area contributed by atoms with Crippen molar-refractivity contribution in [3.8, 4) is 5.75 Å². The highest BCUT2D eigenvalue weighted by Gasteiger charge is 2.20. The van der Waals surface area contributed by atoms with Crippen molar-refractivity contribution in [1.82, 2.24) is 0 Å². The van der Waals surface area contributed by atoms with Gasteiger partial charge in [0.25, 0.3) is 0 Å². The van der Waals surface area contributed by atoms with Gasteiger partial charge < -0.3 is 5.11 Å². The summed E-state index contributed by atoms with van der Waals surface area (Å²) >= 11 is 5.44. The largest absolute Gasteiger partial charge is 0.507 e. The Labute approximate surface area is 153 Å². The Morgan fingerprint density at radius 3 is 2.36 bits per heavy atom. The summed E-state index contributed by atoms with van der Waals surface area (Å²) in [7, 11) is 0. The van der Waals surface area contributed by atoms with E-state index in [2.05, 4.69) is 25.1 Å². The van der Waals surface area contributed by atoms with Gasteiger partial charge in [0.1, 0.15) is 11.6 Å². The first-order valence-electron chi connectivity index (χ1n) is 8.07. The topological polar surface area (TPSA) is 47.3 Å². The van der Waals surface area contributed by atoms with Crippen molar-refractivity contribution < 1.29 is 5.11 Å². The number of anilines is 1. The third-order valence-electron chi connectivity index (χ3n) is 4.20. The smallest absolute Gasteiger partial charge is 0.141 e. The number of phenolic OH excluding ortho intramolecular Hbond substituents is 1. The predicted octanol–water partition coefficient (Wildman–Crippen LogP) is 5.34. The van der Waals surface area contributed by atoms with Gasteiger partial charge >= 0.3 is 0 Å². The molecule has 0 spiro atoms. The van der Waals surface area contributed by atoms with Crippen LogP contribution in [0.1, 0.15) is 23.6 Å². The number of fused-ring (bicyclic) bond motifs is 1. The number of aromatic hydroxyl groups is 1. The fourth-order valence-electron chi connectivity index (χ4n) is 2.99. The van der Waals surface area contributed by atoms with Crippen LogP contribution in [0.2, 0.25) is 0 Å². The van der Waals surface area contributed by atoms with Crippen LogP contribution in [0.3, 0.4) is 0 Å². The van der Waals surface area contributed by atoms with E-state index in [1.165, 1.54) is 5.56 Å². The number of phenols is 1. The van der Waals surface area contributed by atoms with Crippen molar-refractivity contribution in [2.75, 3.05) is 4.90 Å². The molecule has 0 aliphatic rings. The maximum absolute atomic E-state index is 10.3. The molecule has 0 amide bonds. The van der Waals surface area contributed by atoms with Gasteiger partial charge in [0.2, 0.25) is 0 Å². The van der Waals surface area contributed by atoms with E-state index in [1.54, 1.807) is 24.0 Å². The van der Waals surface area contributed by atoms with Gasteiger partial charge in [-0.05, 0) is 49.9 Å². The second kappa shape index (κ2) is 6.65. The summed E-state index contributed by atoms with van der Waals surface area (Å²) in [5.41, 5.74) is 3.43. The lowest BCUT2D eigenvalue weighted by atomic mass is 10.0. The average Bonchev–Trinajstić information content (AvgIpc) is 2.54. The maximum Gasteiger partial charge on any atom is 0.141 e. The van der Waals surface area contributed by atoms with Gasteiger partial charge in [0.15, 0.2) is 0 Å². The number of benzene rings is 3. The molecule has 126 valence electrons. The maximum atomic E-state index is 10.3. The highest BCUT2D eigenvalue weighted by atomic mass is 32.1. The van der Waals surface area contributed by atoms with Gasteiger partial charge in [-0.3, -0.25) is 10.3 Å². The van der Waals surface area contributed by atoms with Crippen LogP contribution < -0.4 is 4.90 Å². The van der Waals surface area contributed by atoms with Crippen molar-refractivity contribution in [3.63, 3.8) is 0 Å². The molecular weight excluding hydrogens is 328 g/mol. The van der Waals surface area contributed by atoms with Gasteiger partial charge in [0.05, 0.1) is 16.2 Å². The minimum Gasteiger partial charge on any atom is -0.507 e. The molecule has 0 atom stereocenters. The SMILES string of the molecule is CC(=S)N(C(=N)c1ccc(C)cc1O)c1cccc2cc(C)ccc12. The molecule has 0 saturated carbocycles. The Hall–Kier alpha value is -2.72. The molecule has 3 aromatic carbocycles. The molecule has 3 rings (SSSR count). The Balaban J connectivity index is 2.17. The molecule has 0 bridgehead atoms. The molecule has 0 aliphatic carbocycles. The van der Waals surface area contributed by atoms with E-state index >= 15 is 0 Å². The summed E-state index contributed by atoms with van der Waals surface area (Å²) in [6.45, 7) is 5.76. The zero-order valence-corrected chi connectivity index (χ0v) is 15.3. The summed E-state index contributed by atoms with van der Waals surface area (Å²) < 4.78 is 0. The van der Waals surface area contributed by atoms with Crippen LogP contribution in [0.5, 0.6) is 5.75 Å². The molecule has 0 aromatic heterocycles. The lowest BCUT2D eigenvalue weighted by Crippen LogP contribution is -2.34. The lowest BCUT2D eigenvalue weighted by Gasteiger charge is -2.26. The standard InChI is InChI=1S/C21H20N2OS/c1-13-7-9-17-16(11-13)5-4-6-19(17)23(15(3)25)21(22)18-10-8-14(2)12-20(18)24/h4-12,22,24H,1-3H3. The minimum atomic E-state index is 0.0855. The van der Waals surface area contributed by atoms with Crippen LogP contribution in [-0.4, -0.2) is 15.9 Å². The van der Waals surface area contributed by atoms with Crippen LogP contribution in [0.25, 0.3) is 10.8 Å². The lowest BCUT2D eigenvalue weighted by molar-refractivity contribution is 0.473. The summed E-state index contributed by atoms with van der Waals surface area (Å²) in [5.74, 6) is 0.250. The van der Waals surface area contributed by atoms with Crippen molar-refractivity contribution in [3.05, 3.63) is 71.3 Å². The van der Waals surface area contributed by atoms with Crippen LogP contribution in [0.15, 0.2) is 54.6 Å². The number of nitrogens with one attached hydrogen (secondary N) is 1. The third kappa shape index (κ3) is 3.26. The molecule has 0 unspecified atom stereocenters. The summed E-state index contributed by atoms with van der Waals surface area (Å²) in [6, 6.07) is 17.5. The molecular formula is C21H20N2OS. The quantitative estimate of drug-likeness (QED) is 0.373. The first-order valence-corrected chi connectivity index (χ1v) is 8.48. The Morgan fingerprint density at radius 2 is 1.68 bits per heavy atom. The normalized spacial score (nSPS) is 10.7. The first kappa shape index (κ1) is 17.1. The van der Waals surface area contributed by atoms with Gasteiger partial charge in [-0.25, -0.2) is 0 Å². The second-order valence-electron chi connectivity index (χ2n) is 6.23.